The quantitative estimate of drug-likeness (QED) is 0.530. The van der Waals surface area contributed by atoms with E-state index in [9.17, 15) is 0 Å². The zero-order valence-electron chi connectivity index (χ0n) is 7.86. The van der Waals surface area contributed by atoms with Crippen molar-refractivity contribution < 1.29 is 0 Å². The number of halogens is 1. The van der Waals surface area contributed by atoms with Gasteiger partial charge in [-0.2, -0.15) is 0 Å². The van der Waals surface area contributed by atoms with Crippen molar-refractivity contribution in [3.63, 3.8) is 0 Å². The van der Waals surface area contributed by atoms with Crippen LogP contribution in [0.1, 0.15) is 46.5 Å². The summed E-state index contributed by atoms with van der Waals surface area (Å²) in [6.45, 7) is 6.97. The smallest absolute Gasteiger partial charge is 0.0364 e. The van der Waals surface area contributed by atoms with E-state index in [2.05, 4.69) is 20.8 Å². The Hall–Kier alpha value is 0.290. The van der Waals surface area contributed by atoms with Crippen LogP contribution in [0.3, 0.4) is 0 Å². The maximum atomic E-state index is 6.21. The van der Waals surface area contributed by atoms with E-state index >= 15 is 0 Å². The molecule has 0 radical (unpaired) electrons. The van der Waals surface area contributed by atoms with E-state index in [1.165, 1.54) is 25.7 Å². The van der Waals surface area contributed by atoms with E-state index in [1.807, 2.05) is 0 Å². The van der Waals surface area contributed by atoms with Crippen LogP contribution in [0.2, 0.25) is 0 Å². The molecule has 0 heterocycles. The second-order valence-corrected chi connectivity index (χ2v) is 5.15. The van der Waals surface area contributed by atoms with Crippen molar-refractivity contribution >= 4 is 11.6 Å². The van der Waals surface area contributed by atoms with Gasteiger partial charge in [0.25, 0.3) is 0 Å². The minimum absolute atomic E-state index is 0.452. The molecule has 0 bridgehead atoms. The number of alkyl halides is 1. The van der Waals surface area contributed by atoms with Gasteiger partial charge < -0.3 is 0 Å². The summed E-state index contributed by atoms with van der Waals surface area (Å²) in [5, 5.41) is 0.452. The van der Waals surface area contributed by atoms with Crippen molar-refractivity contribution in [2.75, 3.05) is 0 Å². The largest absolute Gasteiger partial charge is 0.123 e. The first-order valence-electron chi connectivity index (χ1n) is 4.69. The van der Waals surface area contributed by atoms with Crippen molar-refractivity contribution in [2.45, 2.75) is 51.8 Å². The minimum atomic E-state index is 0.452. The highest BCUT2D eigenvalue weighted by Crippen LogP contribution is 2.41. The highest BCUT2D eigenvalue weighted by atomic mass is 35.5. The van der Waals surface area contributed by atoms with E-state index in [0.717, 1.165) is 5.92 Å². The fraction of sp³-hybridized carbons (Fsp3) is 1.00. The normalized spacial score (nSPS) is 37.1. The summed E-state index contributed by atoms with van der Waals surface area (Å²) in [6, 6.07) is 0. The average Bonchev–Trinajstić information content (AvgIpc) is 1.94. The van der Waals surface area contributed by atoms with Crippen LogP contribution in [0.15, 0.2) is 0 Å². The number of hydrogen-bond donors (Lipinski definition) is 0. The van der Waals surface area contributed by atoms with Crippen molar-refractivity contribution in [1.82, 2.24) is 0 Å². The highest BCUT2D eigenvalue weighted by molar-refractivity contribution is 6.20. The van der Waals surface area contributed by atoms with Gasteiger partial charge in [0.2, 0.25) is 0 Å². The molecule has 1 fully saturated rings. The fourth-order valence-corrected chi connectivity index (χ4v) is 2.48. The van der Waals surface area contributed by atoms with Crippen molar-refractivity contribution in [3.8, 4) is 0 Å². The summed E-state index contributed by atoms with van der Waals surface area (Å²) in [6.07, 6.45) is 5.08. The van der Waals surface area contributed by atoms with Crippen LogP contribution < -0.4 is 0 Å². The zero-order chi connectivity index (χ0) is 8.48. The molecule has 0 N–H and O–H groups in total. The molecule has 0 aromatic carbocycles. The van der Waals surface area contributed by atoms with E-state index < -0.39 is 0 Å². The molecule has 0 aromatic rings. The molecule has 66 valence electrons. The van der Waals surface area contributed by atoms with Crippen LogP contribution >= 0.6 is 11.6 Å². The predicted molar refractivity (Wildman–Crippen MR) is 51.1 cm³/mol. The van der Waals surface area contributed by atoms with Crippen molar-refractivity contribution in [1.29, 1.82) is 0 Å². The Balaban J connectivity index is 2.51. The van der Waals surface area contributed by atoms with Gasteiger partial charge in [0.05, 0.1) is 0 Å². The molecule has 1 heteroatoms. The molecular weight excluding hydrogens is 156 g/mol. The lowest BCUT2D eigenvalue weighted by Gasteiger charge is -2.37. The Labute approximate surface area is 75.3 Å². The molecule has 11 heavy (non-hydrogen) atoms. The molecule has 2 atom stereocenters. The van der Waals surface area contributed by atoms with Gasteiger partial charge >= 0.3 is 0 Å². The molecule has 0 amide bonds. The summed E-state index contributed by atoms with van der Waals surface area (Å²) >= 11 is 6.21. The number of rotatable bonds is 1. The van der Waals surface area contributed by atoms with Crippen LogP contribution in [-0.4, -0.2) is 5.38 Å². The topological polar surface area (TPSA) is 0 Å². The van der Waals surface area contributed by atoms with Crippen LogP contribution in [0, 0.1) is 11.3 Å². The minimum Gasteiger partial charge on any atom is -0.123 e. The van der Waals surface area contributed by atoms with Gasteiger partial charge in [0, 0.05) is 5.38 Å². The molecule has 1 aliphatic carbocycles. The second kappa shape index (κ2) is 3.35. The molecule has 0 aromatic heterocycles. The first-order valence-corrected chi connectivity index (χ1v) is 5.13. The third kappa shape index (κ3) is 2.37. The molecule has 2 unspecified atom stereocenters. The lowest BCUT2D eigenvalue weighted by Crippen LogP contribution is -2.29. The first kappa shape index (κ1) is 9.38. The van der Waals surface area contributed by atoms with Gasteiger partial charge in [-0.3, -0.25) is 0 Å². The zero-order valence-corrected chi connectivity index (χ0v) is 8.62. The Morgan fingerprint density at radius 3 is 2.55 bits per heavy atom. The predicted octanol–water partition coefficient (Wildman–Crippen LogP) is 3.83. The highest BCUT2D eigenvalue weighted by Gasteiger charge is 2.32. The van der Waals surface area contributed by atoms with E-state index in [4.69, 9.17) is 11.6 Å². The van der Waals surface area contributed by atoms with E-state index in [1.54, 1.807) is 0 Å². The third-order valence-electron chi connectivity index (χ3n) is 2.95. The molecule has 0 aliphatic heterocycles. The summed E-state index contributed by atoms with van der Waals surface area (Å²) in [4.78, 5) is 0. The lowest BCUT2D eigenvalue weighted by atomic mass is 9.71. The maximum Gasteiger partial charge on any atom is 0.0364 e. The monoisotopic (exact) mass is 174 g/mol. The lowest BCUT2D eigenvalue weighted by molar-refractivity contribution is 0.181. The Morgan fingerprint density at radius 1 is 1.45 bits per heavy atom. The summed E-state index contributed by atoms with van der Waals surface area (Å²) in [5.74, 6) is 0.764. The molecular formula is C10H19Cl. The van der Waals surface area contributed by atoms with Crippen LogP contribution in [-0.2, 0) is 0 Å². The first-order chi connectivity index (χ1) is 5.05. The fourth-order valence-electron chi connectivity index (χ4n) is 2.10. The third-order valence-corrected chi connectivity index (χ3v) is 3.52. The van der Waals surface area contributed by atoms with E-state index in [0.29, 0.717) is 10.8 Å². The Bertz CT molecular complexity index is 129. The Morgan fingerprint density at radius 2 is 2.09 bits per heavy atom. The van der Waals surface area contributed by atoms with Crippen LogP contribution in [0.25, 0.3) is 0 Å². The van der Waals surface area contributed by atoms with Crippen molar-refractivity contribution in [3.05, 3.63) is 0 Å². The summed E-state index contributed by atoms with van der Waals surface area (Å²) in [7, 11) is 0. The summed E-state index contributed by atoms with van der Waals surface area (Å²) < 4.78 is 0. The molecule has 0 nitrogen and oxygen atoms in total. The molecule has 0 saturated heterocycles. The summed E-state index contributed by atoms with van der Waals surface area (Å²) in [5.41, 5.74) is 0.548. The van der Waals surface area contributed by atoms with E-state index in [-0.39, 0.29) is 0 Å². The number of hydrogen-bond acceptors (Lipinski definition) is 0. The van der Waals surface area contributed by atoms with Gasteiger partial charge in [-0.25, -0.2) is 0 Å². The van der Waals surface area contributed by atoms with Crippen LogP contribution in [0.4, 0.5) is 0 Å². The molecule has 1 aliphatic rings. The van der Waals surface area contributed by atoms with Gasteiger partial charge in [-0.1, -0.05) is 27.2 Å². The maximum absolute atomic E-state index is 6.21. The van der Waals surface area contributed by atoms with Gasteiger partial charge in [0.1, 0.15) is 0 Å². The van der Waals surface area contributed by atoms with Crippen molar-refractivity contribution in [2.24, 2.45) is 11.3 Å². The SMILES string of the molecule is CCC1CC(C)(C)CCC1Cl. The molecule has 0 spiro atoms. The second-order valence-electron chi connectivity index (χ2n) is 4.59. The molecule has 1 saturated carbocycles. The van der Waals surface area contributed by atoms with Crippen LogP contribution in [0.5, 0.6) is 0 Å². The molecule has 1 rings (SSSR count). The standard InChI is InChI=1S/C10H19Cl/c1-4-8-7-10(2,3)6-5-9(8)11/h8-9H,4-7H2,1-3H3. The average molecular weight is 175 g/mol. The Kier molecular flexibility index (Phi) is 2.85. The van der Waals surface area contributed by atoms with Gasteiger partial charge in [-0.15, -0.1) is 11.6 Å². The van der Waals surface area contributed by atoms with Gasteiger partial charge in [0.15, 0.2) is 0 Å². The van der Waals surface area contributed by atoms with Gasteiger partial charge in [-0.05, 0) is 30.6 Å².